The normalized spacial score (nSPS) is 31.1. The van der Waals surface area contributed by atoms with Crippen LogP contribution in [-0.4, -0.2) is 11.2 Å². The fourth-order valence-electron chi connectivity index (χ4n) is 2.59. The standard InChI is InChI=1S/C16H28O2/c1-13(2)9-10-14(3,4)12-11(13)17-15(5,6)16(7,8)18-12/h9-10H2,1-8H3. The zero-order chi connectivity index (χ0) is 14.0. The van der Waals surface area contributed by atoms with Gasteiger partial charge in [0.05, 0.1) is 0 Å². The molecule has 0 aromatic carbocycles. The summed E-state index contributed by atoms with van der Waals surface area (Å²) in [5.74, 6) is 2.14. The van der Waals surface area contributed by atoms with E-state index in [0.29, 0.717) is 0 Å². The minimum absolute atomic E-state index is 0.0820. The lowest BCUT2D eigenvalue weighted by Crippen LogP contribution is -2.55. The van der Waals surface area contributed by atoms with Gasteiger partial charge in [-0.25, -0.2) is 0 Å². The zero-order valence-electron chi connectivity index (χ0n) is 13.2. The second-order valence-electron chi connectivity index (χ2n) is 8.15. The molecule has 0 saturated heterocycles. The molecule has 18 heavy (non-hydrogen) atoms. The van der Waals surface area contributed by atoms with E-state index >= 15 is 0 Å². The maximum Gasteiger partial charge on any atom is 0.142 e. The van der Waals surface area contributed by atoms with Crippen LogP contribution in [0, 0.1) is 10.8 Å². The molecule has 0 bridgehead atoms. The van der Waals surface area contributed by atoms with Crippen LogP contribution in [0.2, 0.25) is 0 Å². The summed E-state index contributed by atoms with van der Waals surface area (Å²) in [4.78, 5) is 0. The van der Waals surface area contributed by atoms with E-state index in [1.54, 1.807) is 0 Å². The molecule has 0 unspecified atom stereocenters. The van der Waals surface area contributed by atoms with E-state index in [0.717, 1.165) is 24.4 Å². The summed E-state index contributed by atoms with van der Waals surface area (Å²) < 4.78 is 12.8. The Bertz CT molecular complexity index is 359. The van der Waals surface area contributed by atoms with Crippen LogP contribution in [0.1, 0.15) is 68.2 Å². The van der Waals surface area contributed by atoms with Crippen LogP contribution in [0.4, 0.5) is 0 Å². The molecule has 0 N–H and O–H groups in total. The lowest BCUT2D eigenvalue weighted by Gasteiger charge is -2.54. The molecule has 0 amide bonds. The van der Waals surface area contributed by atoms with Gasteiger partial charge in [0.1, 0.15) is 22.7 Å². The van der Waals surface area contributed by atoms with E-state index in [1.807, 2.05) is 0 Å². The molecular weight excluding hydrogens is 224 g/mol. The number of hydrogen-bond donors (Lipinski definition) is 0. The molecule has 2 heteroatoms. The molecule has 0 spiro atoms. The minimum atomic E-state index is -0.295. The SMILES string of the molecule is CC1(C)CCC(C)(C)C2=C1OC(C)(C)C(C)(C)O2. The molecule has 1 aliphatic carbocycles. The van der Waals surface area contributed by atoms with Gasteiger partial charge in [0.25, 0.3) is 0 Å². The summed E-state index contributed by atoms with van der Waals surface area (Å²) in [7, 11) is 0. The molecule has 0 fully saturated rings. The van der Waals surface area contributed by atoms with Crippen molar-refractivity contribution in [2.24, 2.45) is 10.8 Å². The lowest BCUT2D eigenvalue weighted by atomic mass is 9.68. The molecule has 0 radical (unpaired) electrons. The molecule has 1 heterocycles. The quantitative estimate of drug-likeness (QED) is 0.625. The van der Waals surface area contributed by atoms with Crippen molar-refractivity contribution >= 4 is 0 Å². The Kier molecular flexibility index (Phi) is 2.65. The lowest BCUT2D eigenvalue weighted by molar-refractivity contribution is -0.199. The summed E-state index contributed by atoms with van der Waals surface area (Å²) >= 11 is 0. The monoisotopic (exact) mass is 252 g/mol. The molecule has 1 aliphatic heterocycles. The van der Waals surface area contributed by atoms with E-state index in [1.165, 1.54) is 0 Å². The Labute approximate surface area is 112 Å². The van der Waals surface area contributed by atoms with E-state index < -0.39 is 0 Å². The van der Waals surface area contributed by atoms with Gasteiger partial charge in [0.15, 0.2) is 0 Å². The first-order valence-electron chi connectivity index (χ1n) is 7.02. The highest BCUT2D eigenvalue weighted by Crippen LogP contribution is 2.55. The molecule has 0 atom stereocenters. The molecule has 2 aliphatic rings. The van der Waals surface area contributed by atoms with Gasteiger partial charge in [-0.15, -0.1) is 0 Å². The van der Waals surface area contributed by atoms with E-state index in [9.17, 15) is 0 Å². The fourth-order valence-corrected chi connectivity index (χ4v) is 2.59. The molecule has 2 rings (SSSR count). The highest BCUT2D eigenvalue weighted by molar-refractivity contribution is 5.25. The van der Waals surface area contributed by atoms with Crippen molar-refractivity contribution in [3.8, 4) is 0 Å². The average Bonchev–Trinajstić information content (AvgIpc) is 2.17. The highest BCUT2D eigenvalue weighted by atomic mass is 16.6. The Balaban J connectivity index is 2.56. The molecule has 104 valence electrons. The van der Waals surface area contributed by atoms with Crippen molar-refractivity contribution in [1.29, 1.82) is 0 Å². The van der Waals surface area contributed by atoms with Crippen molar-refractivity contribution in [2.45, 2.75) is 79.4 Å². The van der Waals surface area contributed by atoms with Gasteiger partial charge in [-0.2, -0.15) is 0 Å². The van der Waals surface area contributed by atoms with Crippen molar-refractivity contribution in [1.82, 2.24) is 0 Å². The van der Waals surface area contributed by atoms with Crippen LogP contribution in [0.3, 0.4) is 0 Å². The van der Waals surface area contributed by atoms with Crippen molar-refractivity contribution < 1.29 is 9.47 Å². The Morgan fingerprint density at radius 1 is 0.611 bits per heavy atom. The summed E-state index contributed by atoms with van der Waals surface area (Å²) in [5.41, 5.74) is -0.426. The van der Waals surface area contributed by atoms with Crippen molar-refractivity contribution in [2.75, 3.05) is 0 Å². The van der Waals surface area contributed by atoms with Gasteiger partial charge in [-0.3, -0.25) is 0 Å². The van der Waals surface area contributed by atoms with Crippen LogP contribution >= 0.6 is 0 Å². The first-order chi connectivity index (χ1) is 7.89. The molecule has 0 aromatic rings. The molecular formula is C16H28O2. The second-order valence-corrected chi connectivity index (χ2v) is 8.15. The fraction of sp³-hybridized carbons (Fsp3) is 0.875. The Morgan fingerprint density at radius 2 is 0.889 bits per heavy atom. The second kappa shape index (κ2) is 3.46. The molecule has 0 saturated carbocycles. The third-order valence-electron chi connectivity index (χ3n) is 4.97. The minimum Gasteiger partial charge on any atom is -0.484 e. The average molecular weight is 252 g/mol. The van der Waals surface area contributed by atoms with Crippen molar-refractivity contribution in [3.63, 3.8) is 0 Å². The summed E-state index contributed by atoms with van der Waals surface area (Å²) in [6.07, 6.45) is 2.30. The van der Waals surface area contributed by atoms with Gasteiger partial charge in [-0.1, -0.05) is 27.7 Å². The first kappa shape index (κ1) is 13.8. The third kappa shape index (κ3) is 1.85. The van der Waals surface area contributed by atoms with Gasteiger partial charge in [0, 0.05) is 10.8 Å². The number of hydrogen-bond acceptors (Lipinski definition) is 2. The number of ether oxygens (including phenoxy) is 2. The van der Waals surface area contributed by atoms with Crippen LogP contribution in [-0.2, 0) is 9.47 Å². The smallest absolute Gasteiger partial charge is 0.142 e. The van der Waals surface area contributed by atoms with E-state index in [2.05, 4.69) is 55.4 Å². The Morgan fingerprint density at radius 3 is 1.17 bits per heavy atom. The summed E-state index contributed by atoms with van der Waals surface area (Å²) in [6.45, 7) is 17.5. The molecule has 2 nitrogen and oxygen atoms in total. The number of allylic oxidation sites excluding steroid dienone is 2. The van der Waals surface area contributed by atoms with Crippen molar-refractivity contribution in [3.05, 3.63) is 11.5 Å². The predicted molar refractivity (Wildman–Crippen MR) is 74.2 cm³/mol. The third-order valence-corrected chi connectivity index (χ3v) is 4.97. The highest BCUT2D eigenvalue weighted by Gasteiger charge is 2.54. The van der Waals surface area contributed by atoms with Crippen LogP contribution in [0.5, 0.6) is 0 Å². The summed E-state index contributed by atoms with van der Waals surface area (Å²) in [6, 6.07) is 0. The van der Waals surface area contributed by atoms with Gasteiger partial charge < -0.3 is 9.47 Å². The van der Waals surface area contributed by atoms with E-state index in [4.69, 9.17) is 9.47 Å². The van der Waals surface area contributed by atoms with Crippen LogP contribution in [0.25, 0.3) is 0 Å². The van der Waals surface area contributed by atoms with E-state index in [-0.39, 0.29) is 22.0 Å². The first-order valence-corrected chi connectivity index (χ1v) is 7.02. The maximum atomic E-state index is 6.40. The molecule has 0 aromatic heterocycles. The van der Waals surface area contributed by atoms with Gasteiger partial charge in [0.2, 0.25) is 0 Å². The van der Waals surface area contributed by atoms with Gasteiger partial charge >= 0.3 is 0 Å². The van der Waals surface area contributed by atoms with Crippen LogP contribution < -0.4 is 0 Å². The topological polar surface area (TPSA) is 18.5 Å². The maximum absolute atomic E-state index is 6.40. The predicted octanol–water partition coefficient (Wildman–Crippen LogP) is 4.65. The Hall–Kier alpha value is -0.660. The number of rotatable bonds is 0. The van der Waals surface area contributed by atoms with Gasteiger partial charge in [-0.05, 0) is 40.5 Å². The van der Waals surface area contributed by atoms with Crippen LogP contribution in [0.15, 0.2) is 11.5 Å². The summed E-state index contributed by atoms with van der Waals surface area (Å²) in [5, 5.41) is 0. The largest absolute Gasteiger partial charge is 0.484 e. The zero-order valence-corrected chi connectivity index (χ0v) is 13.2.